The molecule has 4 rings (SSSR count). The van der Waals surface area contributed by atoms with Gasteiger partial charge in [-0.15, -0.1) is 0 Å². The molecular formula is C17H20Cl2N4. The normalized spacial score (nSPS) is 18.0. The van der Waals surface area contributed by atoms with E-state index >= 15 is 0 Å². The summed E-state index contributed by atoms with van der Waals surface area (Å²) in [4.78, 5) is 2.51. The van der Waals surface area contributed by atoms with E-state index in [4.69, 9.17) is 28.3 Å². The van der Waals surface area contributed by atoms with Crippen molar-refractivity contribution in [2.45, 2.75) is 32.2 Å². The number of halogens is 2. The lowest BCUT2D eigenvalue weighted by Gasteiger charge is -2.25. The summed E-state index contributed by atoms with van der Waals surface area (Å²) in [7, 11) is 0. The van der Waals surface area contributed by atoms with Gasteiger partial charge in [0.2, 0.25) is 0 Å². The fourth-order valence-electron chi connectivity index (χ4n) is 3.53. The van der Waals surface area contributed by atoms with Crippen LogP contribution in [0, 0.1) is 0 Å². The molecule has 2 aromatic rings. The Morgan fingerprint density at radius 3 is 2.74 bits per heavy atom. The van der Waals surface area contributed by atoms with E-state index in [-0.39, 0.29) is 0 Å². The molecule has 6 heteroatoms. The number of nitrogens with zero attached hydrogens (tertiary/aromatic N) is 3. The summed E-state index contributed by atoms with van der Waals surface area (Å²) in [5, 5.41) is 9.60. The second-order valence-electron chi connectivity index (χ2n) is 6.29. The molecule has 0 unspecified atom stereocenters. The minimum absolute atomic E-state index is 0.626. The number of fused-ring (bicyclic) bond motifs is 1. The summed E-state index contributed by atoms with van der Waals surface area (Å²) in [5.41, 5.74) is 3.39. The highest BCUT2D eigenvalue weighted by molar-refractivity contribution is 6.35. The van der Waals surface area contributed by atoms with Gasteiger partial charge in [0.1, 0.15) is 5.82 Å². The smallest absolute Gasteiger partial charge is 0.133 e. The Morgan fingerprint density at radius 1 is 1.13 bits per heavy atom. The molecule has 1 aromatic carbocycles. The molecule has 0 spiro atoms. The first kappa shape index (κ1) is 15.3. The molecule has 4 nitrogen and oxygen atoms in total. The summed E-state index contributed by atoms with van der Waals surface area (Å²) in [5.74, 6) is 1.08. The highest BCUT2D eigenvalue weighted by Gasteiger charge is 2.25. The van der Waals surface area contributed by atoms with Crippen LogP contribution < -0.4 is 5.32 Å². The number of hydrogen-bond donors (Lipinski definition) is 1. The molecular weight excluding hydrogens is 331 g/mol. The summed E-state index contributed by atoms with van der Waals surface area (Å²) in [6.07, 6.45) is 4.98. The molecule has 2 aliphatic heterocycles. The van der Waals surface area contributed by atoms with Gasteiger partial charge in [0.25, 0.3) is 0 Å². The van der Waals surface area contributed by atoms with Crippen molar-refractivity contribution in [1.82, 2.24) is 14.7 Å². The number of benzene rings is 1. The molecule has 0 saturated carbocycles. The molecule has 0 atom stereocenters. The molecule has 0 bridgehead atoms. The zero-order chi connectivity index (χ0) is 15.8. The van der Waals surface area contributed by atoms with Crippen LogP contribution in [-0.4, -0.2) is 34.3 Å². The van der Waals surface area contributed by atoms with Crippen LogP contribution in [-0.2, 0) is 13.0 Å². The van der Waals surface area contributed by atoms with Crippen molar-refractivity contribution < 1.29 is 0 Å². The molecule has 23 heavy (non-hydrogen) atoms. The van der Waals surface area contributed by atoms with Gasteiger partial charge in [-0.3, -0.25) is 4.90 Å². The SMILES string of the molecule is Clc1ccc(-n2nc(CN3CCCCC3)c3c2NCC3)c(Cl)c1. The van der Waals surface area contributed by atoms with E-state index in [0.29, 0.717) is 10.0 Å². The predicted molar refractivity (Wildman–Crippen MR) is 94.9 cm³/mol. The van der Waals surface area contributed by atoms with E-state index in [1.165, 1.54) is 43.6 Å². The van der Waals surface area contributed by atoms with Crippen molar-refractivity contribution in [3.05, 3.63) is 39.5 Å². The molecule has 3 heterocycles. The third kappa shape index (κ3) is 2.95. The van der Waals surface area contributed by atoms with Crippen LogP contribution in [0.2, 0.25) is 10.0 Å². The average Bonchev–Trinajstić information content (AvgIpc) is 3.13. The number of rotatable bonds is 3. The second-order valence-corrected chi connectivity index (χ2v) is 7.14. The predicted octanol–water partition coefficient (Wildman–Crippen LogP) is 4.13. The number of anilines is 1. The third-order valence-corrected chi connectivity index (χ3v) is 5.23. The van der Waals surface area contributed by atoms with E-state index in [9.17, 15) is 0 Å². The van der Waals surface area contributed by atoms with E-state index in [1.807, 2.05) is 16.8 Å². The Bertz CT molecular complexity index is 720. The Morgan fingerprint density at radius 2 is 1.96 bits per heavy atom. The highest BCUT2D eigenvalue weighted by Crippen LogP contribution is 2.33. The van der Waals surface area contributed by atoms with Gasteiger partial charge in [-0.25, -0.2) is 4.68 Å². The Hall–Kier alpha value is -1.23. The van der Waals surface area contributed by atoms with Crippen molar-refractivity contribution in [2.24, 2.45) is 0 Å². The molecule has 0 aliphatic carbocycles. The molecule has 1 fully saturated rings. The van der Waals surface area contributed by atoms with Crippen LogP contribution >= 0.6 is 23.2 Å². The standard InChI is InChI=1S/C17H20Cl2N4/c18-12-4-5-16(14(19)10-12)23-17-13(6-7-20-17)15(21-23)11-22-8-2-1-3-9-22/h4-5,10,20H,1-3,6-9,11H2. The molecule has 122 valence electrons. The van der Waals surface area contributed by atoms with Crippen molar-refractivity contribution in [2.75, 3.05) is 25.0 Å². The Labute approximate surface area is 146 Å². The lowest BCUT2D eigenvalue weighted by molar-refractivity contribution is 0.217. The Kier molecular flexibility index (Phi) is 4.22. The monoisotopic (exact) mass is 350 g/mol. The van der Waals surface area contributed by atoms with Crippen LogP contribution in [0.4, 0.5) is 5.82 Å². The van der Waals surface area contributed by atoms with Crippen LogP contribution in [0.5, 0.6) is 0 Å². The first-order chi connectivity index (χ1) is 11.2. The summed E-state index contributed by atoms with van der Waals surface area (Å²) in [6.45, 7) is 4.25. The van der Waals surface area contributed by atoms with Crippen molar-refractivity contribution in [3.63, 3.8) is 0 Å². The molecule has 2 aliphatic rings. The molecule has 1 aromatic heterocycles. The van der Waals surface area contributed by atoms with Gasteiger partial charge in [-0.05, 0) is 50.6 Å². The van der Waals surface area contributed by atoms with Gasteiger partial charge >= 0.3 is 0 Å². The number of hydrogen-bond acceptors (Lipinski definition) is 3. The average molecular weight is 351 g/mol. The molecule has 0 radical (unpaired) electrons. The van der Waals surface area contributed by atoms with E-state index < -0.39 is 0 Å². The minimum Gasteiger partial charge on any atom is -0.369 e. The van der Waals surface area contributed by atoms with Crippen molar-refractivity contribution in [3.8, 4) is 5.69 Å². The number of piperidine rings is 1. The Balaban J connectivity index is 1.69. The molecule has 1 N–H and O–H groups in total. The maximum absolute atomic E-state index is 6.38. The van der Waals surface area contributed by atoms with Crippen LogP contribution in [0.1, 0.15) is 30.5 Å². The zero-order valence-corrected chi connectivity index (χ0v) is 14.5. The van der Waals surface area contributed by atoms with Gasteiger partial charge < -0.3 is 5.32 Å². The molecule has 0 amide bonds. The topological polar surface area (TPSA) is 33.1 Å². The van der Waals surface area contributed by atoms with Gasteiger partial charge in [0.15, 0.2) is 0 Å². The zero-order valence-electron chi connectivity index (χ0n) is 13.0. The van der Waals surface area contributed by atoms with E-state index in [2.05, 4.69) is 10.2 Å². The lowest BCUT2D eigenvalue weighted by atomic mass is 10.1. The van der Waals surface area contributed by atoms with Gasteiger partial charge in [-0.2, -0.15) is 5.10 Å². The number of aromatic nitrogens is 2. The first-order valence-corrected chi connectivity index (χ1v) is 9.00. The second kappa shape index (κ2) is 6.34. The van der Waals surface area contributed by atoms with Gasteiger partial charge in [0.05, 0.1) is 16.4 Å². The lowest BCUT2D eigenvalue weighted by Crippen LogP contribution is -2.29. The fraction of sp³-hybridized carbons (Fsp3) is 0.471. The van der Waals surface area contributed by atoms with Crippen LogP contribution in [0.25, 0.3) is 5.69 Å². The number of likely N-dealkylation sites (tertiary alicyclic amines) is 1. The van der Waals surface area contributed by atoms with Crippen LogP contribution in [0.15, 0.2) is 18.2 Å². The van der Waals surface area contributed by atoms with Gasteiger partial charge in [0, 0.05) is 23.7 Å². The largest absolute Gasteiger partial charge is 0.369 e. The summed E-state index contributed by atoms with van der Waals surface area (Å²) >= 11 is 12.4. The van der Waals surface area contributed by atoms with Crippen LogP contribution in [0.3, 0.4) is 0 Å². The molecule has 1 saturated heterocycles. The van der Waals surface area contributed by atoms with Gasteiger partial charge in [-0.1, -0.05) is 29.6 Å². The summed E-state index contributed by atoms with van der Waals surface area (Å²) < 4.78 is 1.94. The minimum atomic E-state index is 0.626. The van der Waals surface area contributed by atoms with E-state index in [1.54, 1.807) is 6.07 Å². The summed E-state index contributed by atoms with van der Waals surface area (Å²) in [6, 6.07) is 5.56. The quantitative estimate of drug-likeness (QED) is 0.903. The van der Waals surface area contributed by atoms with Crippen molar-refractivity contribution >= 4 is 29.0 Å². The number of nitrogens with one attached hydrogen (secondary N) is 1. The van der Waals surface area contributed by atoms with E-state index in [0.717, 1.165) is 31.0 Å². The first-order valence-electron chi connectivity index (χ1n) is 8.25. The fourth-order valence-corrected chi connectivity index (χ4v) is 4.02. The maximum atomic E-state index is 6.38. The third-order valence-electron chi connectivity index (χ3n) is 4.69. The maximum Gasteiger partial charge on any atom is 0.133 e. The van der Waals surface area contributed by atoms with Crippen molar-refractivity contribution in [1.29, 1.82) is 0 Å². The highest BCUT2D eigenvalue weighted by atomic mass is 35.5.